The Balaban J connectivity index is 2.52. The van der Waals surface area contributed by atoms with Crippen LogP contribution in [0.1, 0.15) is 11.3 Å². The summed E-state index contributed by atoms with van der Waals surface area (Å²) in [6.45, 7) is 2.32. The van der Waals surface area contributed by atoms with Crippen LogP contribution in [0.3, 0.4) is 0 Å². The van der Waals surface area contributed by atoms with Crippen LogP contribution in [0, 0.1) is 6.92 Å². The molecule has 0 saturated carbocycles. The lowest BCUT2D eigenvalue weighted by Gasteiger charge is -2.06. The number of H-pyrrole nitrogens is 1. The molecule has 2 aromatic rings. The lowest BCUT2D eigenvalue weighted by molar-refractivity contribution is 0.181. The molecule has 0 saturated heterocycles. The minimum absolute atomic E-state index is 0.162. The molecule has 2 rings (SSSR count). The molecule has 1 aromatic carbocycles. The zero-order valence-electron chi connectivity index (χ0n) is 9.86. The highest BCUT2D eigenvalue weighted by Gasteiger charge is 2.05. The SMILES string of the molecule is COCc1cc(=O)[nH]c(-c2ccccc2C)n1. The van der Waals surface area contributed by atoms with Crippen molar-refractivity contribution in [1.82, 2.24) is 9.97 Å². The molecule has 0 spiro atoms. The van der Waals surface area contributed by atoms with E-state index in [1.54, 1.807) is 7.11 Å². The highest BCUT2D eigenvalue weighted by molar-refractivity contribution is 5.59. The molecule has 0 aliphatic carbocycles. The van der Waals surface area contributed by atoms with Crippen LogP contribution in [0.2, 0.25) is 0 Å². The number of ether oxygens (including phenoxy) is 1. The van der Waals surface area contributed by atoms with E-state index in [0.29, 0.717) is 18.1 Å². The molecule has 0 bridgehead atoms. The van der Waals surface area contributed by atoms with Gasteiger partial charge in [0.2, 0.25) is 0 Å². The summed E-state index contributed by atoms with van der Waals surface area (Å²) in [7, 11) is 1.58. The molecule has 0 fully saturated rings. The van der Waals surface area contributed by atoms with Gasteiger partial charge in [-0.1, -0.05) is 24.3 Å². The molecule has 0 aliphatic heterocycles. The summed E-state index contributed by atoms with van der Waals surface area (Å²) < 4.78 is 4.99. The molecule has 1 N–H and O–H groups in total. The third-order valence-electron chi connectivity index (χ3n) is 2.49. The number of nitrogens with one attached hydrogen (secondary N) is 1. The van der Waals surface area contributed by atoms with Crippen molar-refractivity contribution in [2.24, 2.45) is 0 Å². The van der Waals surface area contributed by atoms with E-state index in [1.807, 2.05) is 31.2 Å². The third-order valence-corrected chi connectivity index (χ3v) is 2.49. The lowest BCUT2D eigenvalue weighted by atomic mass is 10.1. The van der Waals surface area contributed by atoms with Crippen molar-refractivity contribution in [3.8, 4) is 11.4 Å². The van der Waals surface area contributed by atoms with Gasteiger partial charge in [-0.15, -0.1) is 0 Å². The Hall–Kier alpha value is -1.94. The Morgan fingerprint density at radius 2 is 2.12 bits per heavy atom. The Morgan fingerprint density at radius 1 is 1.35 bits per heavy atom. The maximum Gasteiger partial charge on any atom is 0.251 e. The van der Waals surface area contributed by atoms with E-state index in [1.165, 1.54) is 6.07 Å². The Bertz CT molecular complexity index is 576. The summed E-state index contributed by atoms with van der Waals surface area (Å²) in [5.74, 6) is 0.586. The van der Waals surface area contributed by atoms with Crippen molar-refractivity contribution in [2.45, 2.75) is 13.5 Å². The molecule has 0 amide bonds. The summed E-state index contributed by atoms with van der Waals surface area (Å²) in [5, 5.41) is 0. The van der Waals surface area contributed by atoms with E-state index in [2.05, 4.69) is 9.97 Å². The van der Waals surface area contributed by atoms with Crippen molar-refractivity contribution in [1.29, 1.82) is 0 Å². The fourth-order valence-corrected chi connectivity index (χ4v) is 1.70. The van der Waals surface area contributed by atoms with Crippen LogP contribution in [-0.2, 0) is 11.3 Å². The van der Waals surface area contributed by atoms with Crippen LogP contribution in [0.4, 0.5) is 0 Å². The normalized spacial score (nSPS) is 10.5. The highest BCUT2D eigenvalue weighted by atomic mass is 16.5. The molecule has 0 radical (unpaired) electrons. The van der Waals surface area contributed by atoms with Crippen LogP contribution in [0.15, 0.2) is 35.1 Å². The first-order valence-electron chi connectivity index (χ1n) is 5.36. The van der Waals surface area contributed by atoms with Gasteiger partial charge in [0.05, 0.1) is 12.3 Å². The second kappa shape index (κ2) is 4.93. The summed E-state index contributed by atoms with van der Waals surface area (Å²) in [4.78, 5) is 18.6. The zero-order chi connectivity index (χ0) is 12.3. The predicted octanol–water partition coefficient (Wildman–Crippen LogP) is 1.89. The van der Waals surface area contributed by atoms with E-state index in [4.69, 9.17) is 4.74 Å². The van der Waals surface area contributed by atoms with E-state index >= 15 is 0 Å². The van der Waals surface area contributed by atoms with Crippen LogP contribution in [0.25, 0.3) is 11.4 Å². The van der Waals surface area contributed by atoms with Crippen LogP contribution >= 0.6 is 0 Å². The first-order chi connectivity index (χ1) is 8.20. The maximum absolute atomic E-state index is 11.5. The Morgan fingerprint density at radius 3 is 2.82 bits per heavy atom. The second-order valence-corrected chi connectivity index (χ2v) is 3.83. The summed E-state index contributed by atoms with van der Waals surface area (Å²) >= 11 is 0. The van der Waals surface area contributed by atoms with Crippen molar-refractivity contribution in [2.75, 3.05) is 7.11 Å². The van der Waals surface area contributed by atoms with E-state index < -0.39 is 0 Å². The van der Waals surface area contributed by atoms with Gasteiger partial charge in [0.25, 0.3) is 5.56 Å². The maximum atomic E-state index is 11.5. The first-order valence-corrected chi connectivity index (χ1v) is 5.36. The fraction of sp³-hybridized carbons (Fsp3) is 0.231. The molecular formula is C13H14N2O2. The zero-order valence-corrected chi connectivity index (χ0v) is 9.86. The lowest BCUT2D eigenvalue weighted by Crippen LogP contribution is -2.11. The van der Waals surface area contributed by atoms with Gasteiger partial charge in [0.15, 0.2) is 0 Å². The number of aromatic nitrogens is 2. The third kappa shape index (κ3) is 2.60. The summed E-state index contributed by atoms with van der Waals surface area (Å²) in [6, 6.07) is 9.25. The molecule has 1 aromatic heterocycles. The quantitative estimate of drug-likeness (QED) is 0.876. The number of benzene rings is 1. The average molecular weight is 230 g/mol. The molecule has 0 unspecified atom stereocenters. The van der Waals surface area contributed by atoms with Gasteiger partial charge in [0, 0.05) is 18.7 Å². The number of methoxy groups -OCH3 is 1. The molecule has 4 nitrogen and oxygen atoms in total. The molecule has 4 heteroatoms. The number of hydrogen-bond donors (Lipinski definition) is 1. The van der Waals surface area contributed by atoms with Gasteiger partial charge in [-0.25, -0.2) is 4.98 Å². The van der Waals surface area contributed by atoms with E-state index in [9.17, 15) is 4.79 Å². The van der Waals surface area contributed by atoms with Crippen LogP contribution in [-0.4, -0.2) is 17.1 Å². The average Bonchev–Trinajstić information content (AvgIpc) is 2.29. The van der Waals surface area contributed by atoms with Crippen molar-refractivity contribution in [3.63, 3.8) is 0 Å². The van der Waals surface area contributed by atoms with Crippen molar-refractivity contribution in [3.05, 3.63) is 51.9 Å². The topological polar surface area (TPSA) is 55.0 Å². The van der Waals surface area contributed by atoms with Crippen LogP contribution < -0.4 is 5.56 Å². The highest BCUT2D eigenvalue weighted by Crippen LogP contribution is 2.18. The van der Waals surface area contributed by atoms with Crippen molar-refractivity contribution < 1.29 is 4.74 Å². The predicted molar refractivity (Wildman–Crippen MR) is 65.7 cm³/mol. The largest absolute Gasteiger partial charge is 0.378 e. The van der Waals surface area contributed by atoms with Gasteiger partial charge in [-0.3, -0.25) is 4.79 Å². The molecule has 88 valence electrons. The van der Waals surface area contributed by atoms with E-state index in [0.717, 1.165) is 11.1 Å². The number of aryl methyl sites for hydroxylation is 1. The van der Waals surface area contributed by atoms with E-state index in [-0.39, 0.29) is 5.56 Å². The van der Waals surface area contributed by atoms with Crippen LogP contribution in [0.5, 0.6) is 0 Å². The minimum Gasteiger partial charge on any atom is -0.378 e. The smallest absolute Gasteiger partial charge is 0.251 e. The molecule has 0 atom stereocenters. The van der Waals surface area contributed by atoms with Gasteiger partial charge in [-0.2, -0.15) is 0 Å². The number of aromatic amines is 1. The molecule has 17 heavy (non-hydrogen) atoms. The fourth-order valence-electron chi connectivity index (χ4n) is 1.70. The Kier molecular flexibility index (Phi) is 3.35. The minimum atomic E-state index is -0.162. The summed E-state index contributed by atoms with van der Waals surface area (Å²) in [5.41, 5.74) is 2.48. The van der Waals surface area contributed by atoms with Gasteiger partial charge >= 0.3 is 0 Å². The number of rotatable bonds is 3. The monoisotopic (exact) mass is 230 g/mol. The molecular weight excluding hydrogens is 216 g/mol. The standard InChI is InChI=1S/C13H14N2O2/c1-9-5-3-4-6-11(9)13-14-10(8-17-2)7-12(16)15-13/h3-7H,8H2,1-2H3,(H,14,15,16). The molecule has 1 heterocycles. The van der Waals surface area contributed by atoms with Gasteiger partial charge in [-0.05, 0) is 12.5 Å². The van der Waals surface area contributed by atoms with Crippen molar-refractivity contribution >= 4 is 0 Å². The number of hydrogen-bond acceptors (Lipinski definition) is 3. The second-order valence-electron chi connectivity index (χ2n) is 3.83. The Labute approximate surface area is 99.3 Å². The van der Waals surface area contributed by atoms with Gasteiger partial charge < -0.3 is 9.72 Å². The summed E-state index contributed by atoms with van der Waals surface area (Å²) in [6.07, 6.45) is 0. The molecule has 0 aliphatic rings. The number of nitrogens with zero attached hydrogens (tertiary/aromatic N) is 1. The first kappa shape index (κ1) is 11.5. The van der Waals surface area contributed by atoms with Gasteiger partial charge in [0.1, 0.15) is 5.82 Å².